The average Bonchev–Trinajstić information content (AvgIpc) is 3.39. The molecular formula is C16H15ClF2N8. The lowest BCUT2D eigenvalue weighted by atomic mass is 10.1. The Hall–Kier alpha value is -2.62. The van der Waals surface area contributed by atoms with Gasteiger partial charge in [0.2, 0.25) is 0 Å². The number of aryl methyl sites for hydroxylation is 1. The zero-order valence-corrected chi connectivity index (χ0v) is 15.0. The van der Waals surface area contributed by atoms with Gasteiger partial charge in [-0.15, -0.1) is 10.2 Å². The van der Waals surface area contributed by atoms with Crippen molar-refractivity contribution < 1.29 is 8.78 Å². The molecule has 2 atom stereocenters. The van der Waals surface area contributed by atoms with Gasteiger partial charge in [0, 0.05) is 17.3 Å². The van der Waals surface area contributed by atoms with Crippen LogP contribution in [0.15, 0.2) is 12.4 Å². The number of fused-ring (bicyclic) bond motifs is 3. The van der Waals surface area contributed by atoms with Gasteiger partial charge in [-0.1, -0.05) is 11.6 Å². The minimum absolute atomic E-state index is 0.161. The van der Waals surface area contributed by atoms with E-state index in [0.29, 0.717) is 22.1 Å². The van der Waals surface area contributed by atoms with Crippen LogP contribution in [-0.2, 0) is 7.05 Å². The molecule has 0 radical (unpaired) electrons. The van der Waals surface area contributed by atoms with Gasteiger partial charge in [-0.2, -0.15) is 4.80 Å². The van der Waals surface area contributed by atoms with Crippen LogP contribution in [0.1, 0.15) is 49.2 Å². The Morgan fingerprint density at radius 3 is 2.93 bits per heavy atom. The van der Waals surface area contributed by atoms with Gasteiger partial charge in [0.1, 0.15) is 10.7 Å². The number of imidazole rings is 1. The lowest BCUT2D eigenvalue weighted by molar-refractivity contribution is 0.147. The second-order valence-electron chi connectivity index (χ2n) is 6.84. The second-order valence-corrected chi connectivity index (χ2v) is 7.20. The third-order valence-electron chi connectivity index (χ3n) is 5.19. The maximum atomic E-state index is 13.1. The average molecular weight is 393 g/mol. The summed E-state index contributed by atoms with van der Waals surface area (Å²) in [5.74, 6) is 0.958. The molecule has 1 aliphatic carbocycles. The van der Waals surface area contributed by atoms with Crippen LogP contribution in [0.25, 0.3) is 22.1 Å². The lowest BCUT2D eigenvalue weighted by Crippen LogP contribution is -2.06. The first-order valence-corrected chi connectivity index (χ1v) is 8.95. The first kappa shape index (κ1) is 16.5. The maximum absolute atomic E-state index is 13.1. The second kappa shape index (κ2) is 5.95. The molecule has 1 N–H and O–H groups in total. The molecule has 27 heavy (non-hydrogen) atoms. The highest BCUT2D eigenvalue weighted by Crippen LogP contribution is 2.41. The number of hydrogen-bond acceptors (Lipinski definition) is 5. The zero-order valence-electron chi connectivity index (χ0n) is 14.3. The van der Waals surface area contributed by atoms with Crippen LogP contribution in [-0.4, -0.2) is 39.7 Å². The summed E-state index contributed by atoms with van der Waals surface area (Å²) in [6.45, 7) is 0. The van der Waals surface area contributed by atoms with Crippen LogP contribution in [0.5, 0.6) is 0 Å². The van der Waals surface area contributed by atoms with Crippen molar-refractivity contribution in [1.82, 2.24) is 39.7 Å². The topological polar surface area (TPSA) is 90.1 Å². The molecular weight excluding hydrogens is 378 g/mol. The first-order valence-electron chi connectivity index (χ1n) is 8.58. The number of H-pyrrole nitrogens is 1. The molecule has 1 fully saturated rings. The van der Waals surface area contributed by atoms with Gasteiger partial charge in [-0.25, -0.2) is 18.7 Å². The van der Waals surface area contributed by atoms with E-state index in [1.54, 1.807) is 13.4 Å². The van der Waals surface area contributed by atoms with E-state index in [1.807, 2.05) is 4.57 Å². The van der Waals surface area contributed by atoms with Crippen molar-refractivity contribution in [1.29, 1.82) is 0 Å². The molecule has 5 rings (SSSR count). The number of hydrogen-bond donors (Lipinski definition) is 1. The fraction of sp³-hybridized carbons (Fsp3) is 0.438. The summed E-state index contributed by atoms with van der Waals surface area (Å²) in [4.78, 5) is 13.1. The summed E-state index contributed by atoms with van der Waals surface area (Å²) in [6, 6.07) is 1.49. The number of aromatic nitrogens is 8. The highest BCUT2D eigenvalue weighted by Gasteiger charge is 2.31. The van der Waals surface area contributed by atoms with E-state index in [0.717, 1.165) is 25.1 Å². The van der Waals surface area contributed by atoms with Crippen molar-refractivity contribution in [3.63, 3.8) is 0 Å². The fourth-order valence-corrected chi connectivity index (χ4v) is 4.14. The summed E-state index contributed by atoms with van der Waals surface area (Å²) in [5, 5.41) is 13.0. The molecule has 4 aromatic rings. The third kappa shape index (κ3) is 2.58. The van der Waals surface area contributed by atoms with E-state index in [2.05, 4.69) is 30.4 Å². The van der Waals surface area contributed by atoms with Crippen LogP contribution in [0.4, 0.5) is 8.78 Å². The van der Waals surface area contributed by atoms with Gasteiger partial charge in [-0.3, -0.25) is 0 Å². The summed E-state index contributed by atoms with van der Waals surface area (Å²) in [6.07, 6.45) is 1.78. The fourth-order valence-electron chi connectivity index (χ4n) is 3.91. The van der Waals surface area contributed by atoms with E-state index >= 15 is 0 Å². The zero-order chi connectivity index (χ0) is 18.7. The van der Waals surface area contributed by atoms with Crippen molar-refractivity contribution in [2.75, 3.05) is 0 Å². The minimum Gasteiger partial charge on any atom is -0.352 e. The van der Waals surface area contributed by atoms with E-state index in [4.69, 9.17) is 11.6 Å². The van der Waals surface area contributed by atoms with Gasteiger partial charge in [-0.05, 0) is 30.5 Å². The molecule has 0 aliphatic heterocycles. The van der Waals surface area contributed by atoms with Crippen LogP contribution in [0.2, 0.25) is 5.15 Å². The summed E-state index contributed by atoms with van der Waals surface area (Å²) in [7, 11) is 1.74. The Bertz CT molecular complexity index is 1150. The molecule has 4 aromatic heterocycles. The largest absolute Gasteiger partial charge is 0.352 e. The summed E-state index contributed by atoms with van der Waals surface area (Å²) >= 11 is 6.27. The van der Waals surface area contributed by atoms with Gasteiger partial charge >= 0.3 is 0 Å². The van der Waals surface area contributed by atoms with Crippen molar-refractivity contribution >= 4 is 33.7 Å². The van der Waals surface area contributed by atoms with Crippen LogP contribution < -0.4 is 0 Å². The molecule has 0 aromatic carbocycles. The van der Waals surface area contributed by atoms with Gasteiger partial charge in [0.05, 0.1) is 24.6 Å². The number of rotatable bonds is 3. The standard InChI is InChI=1S/C16H15ClF2N8/c1-26-24-15(23-25-26)7-2-3-8(4-7)27-6-20-12-11-9(13(17)22-16(12)27)5-10(21-11)14(18)19/h5-8,14,21H,2-4H2,1H3/t7-,8?/m1/s1. The predicted molar refractivity (Wildman–Crippen MR) is 93.8 cm³/mol. The molecule has 140 valence electrons. The molecule has 0 spiro atoms. The number of halogens is 3. The van der Waals surface area contributed by atoms with Gasteiger partial charge in [0.15, 0.2) is 11.5 Å². The Morgan fingerprint density at radius 1 is 1.33 bits per heavy atom. The van der Waals surface area contributed by atoms with E-state index in [-0.39, 0.29) is 22.8 Å². The minimum atomic E-state index is -2.61. The number of tetrazole rings is 1. The van der Waals surface area contributed by atoms with Crippen LogP contribution in [0.3, 0.4) is 0 Å². The van der Waals surface area contributed by atoms with Crippen molar-refractivity contribution in [2.45, 2.75) is 37.6 Å². The molecule has 4 heterocycles. The molecule has 1 saturated carbocycles. The normalized spacial score (nSPS) is 20.5. The highest BCUT2D eigenvalue weighted by molar-refractivity contribution is 6.35. The smallest absolute Gasteiger partial charge is 0.278 e. The van der Waals surface area contributed by atoms with E-state index < -0.39 is 6.43 Å². The van der Waals surface area contributed by atoms with Crippen molar-refractivity contribution in [2.24, 2.45) is 7.05 Å². The Labute approximate surface area is 156 Å². The third-order valence-corrected chi connectivity index (χ3v) is 5.48. The number of pyridine rings is 1. The van der Waals surface area contributed by atoms with Gasteiger partial charge < -0.3 is 9.55 Å². The Morgan fingerprint density at radius 2 is 2.19 bits per heavy atom. The first-order chi connectivity index (χ1) is 13.0. The number of nitrogens with zero attached hydrogens (tertiary/aromatic N) is 7. The lowest BCUT2D eigenvalue weighted by Gasteiger charge is -2.12. The number of alkyl halides is 2. The van der Waals surface area contributed by atoms with Crippen LogP contribution in [0, 0.1) is 0 Å². The highest BCUT2D eigenvalue weighted by atomic mass is 35.5. The van der Waals surface area contributed by atoms with E-state index in [1.165, 1.54) is 10.9 Å². The van der Waals surface area contributed by atoms with E-state index in [9.17, 15) is 8.78 Å². The molecule has 0 bridgehead atoms. The number of aromatic amines is 1. The summed E-state index contributed by atoms with van der Waals surface area (Å²) in [5.41, 5.74) is 1.44. The molecule has 1 aliphatic rings. The summed E-state index contributed by atoms with van der Waals surface area (Å²) < 4.78 is 28.1. The molecule has 8 nitrogen and oxygen atoms in total. The van der Waals surface area contributed by atoms with Crippen LogP contribution >= 0.6 is 11.6 Å². The van der Waals surface area contributed by atoms with Crippen molar-refractivity contribution in [3.8, 4) is 0 Å². The SMILES string of the molecule is Cn1nnc([C@@H]2CCC(n3cnc4c5[nH]c(C(F)F)cc5c(Cl)nc43)C2)n1. The quantitative estimate of drug-likeness (QED) is 0.538. The number of nitrogens with one attached hydrogen (secondary N) is 1. The maximum Gasteiger partial charge on any atom is 0.278 e. The Kier molecular flexibility index (Phi) is 3.64. The predicted octanol–water partition coefficient (Wildman–Crippen LogP) is 3.54. The molecule has 11 heteroatoms. The monoisotopic (exact) mass is 392 g/mol. The van der Waals surface area contributed by atoms with Gasteiger partial charge in [0.25, 0.3) is 6.43 Å². The molecule has 0 saturated heterocycles. The Balaban J connectivity index is 1.55. The van der Waals surface area contributed by atoms with Crippen molar-refractivity contribution in [3.05, 3.63) is 29.1 Å². The molecule has 0 amide bonds. The molecule has 1 unspecified atom stereocenters.